The topological polar surface area (TPSA) is 85.2 Å². The van der Waals surface area contributed by atoms with Crippen molar-refractivity contribution in [2.75, 3.05) is 38.2 Å². The zero-order chi connectivity index (χ0) is 16.1. The molecule has 0 unspecified atom stereocenters. The molecule has 0 saturated carbocycles. The van der Waals surface area contributed by atoms with Crippen LogP contribution in [0.2, 0.25) is 5.02 Å². The van der Waals surface area contributed by atoms with Crippen molar-refractivity contribution >= 4 is 23.3 Å². The van der Waals surface area contributed by atoms with Crippen LogP contribution in [0.25, 0.3) is 0 Å². The summed E-state index contributed by atoms with van der Waals surface area (Å²) in [4.78, 5) is 18.4. The van der Waals surface area contributed by atoms with E-state index < -0.39 is 0 Å². The number of rotatable bonds is 5. The van der Waals surface area contributed by atoms with Gasteiger partial charge in [0.15, 0.2) is 0 Å². The van der Waals surface area contributed by atoms with E-state index in [1.165, 1.54) is 0 Å². The maximum absolute atomic E-state index is 12.4. The highest BCUT2D eigenvalue weighted by Gasteiger charge is 2.19. The molecule has 3 rings (SSSR count). The number of nitrogens with one attached hydrogen (secondary N) is 1. The standard InChI is InChI=1S/C14H17ClN6O2/c15-12-9-11(14(22)20-5-7-23-8-6-20)10-17-13(12)16-1-3-21-4-2-18-19-21/h2,4,9-10H,1,3,5-8H2,(H,16,17). The van der Waals surface area contributed by atoms with Crippen LogP contribution in [0.1, 0.15) is 10.4 Å². The Morgan fingerprint density at radius 3 is 2.91 bits per heavy atom. The number of hydrogen-bond donors (Lipinski definition) is 1. The van der Waals surface area contributed by atoms with Gasteiger partial charge in [-0.25, -0.2) is 4.98 Å². The summed E-state index contributed by atoms with van der Waals surface area (Å²) in [5, 5.41) is 11.1. The Kier molecular flexibility index (Phi) is 5.04. The lowest BCUT2D eigenvalue weighted by molar-refractivity contribution is 0.0302. The fourth-order valence-electron chi connectivity index (χ4n) is 2.27. The zero-order valence-corrected chi connectivity index (χ0v) is 13.2. The molecule has 1 amide bonds. The minimum absolute atomic E-state index is 0.0723. The van der Waals surface area contributed by atoms with E-state index in [0.717, 1.165) is 0 Å². The molecule has 8 nitrogen and oxygen atoms in total. The van der Waals surface area contributed by atoms with E-state index in [4.69, 9.17) is 16.3 Å². The third-order valence-electron chi connectivity index (χ3n) is 3.49. The SMILES string of the molecule is O=C(c1cnc(NCCn2ccnn2)c(Cl)c1)N1CCOCC1. The molecule has 23 heavy (non-hydrogen) atoms. The van der Waals surface area contributed by atoms with Gasteiger partial charge in [-0.3, -0.25) is 9.48 Å². The lowest BCUT2D eigenvalue weighted by atomic mass is 10.2. The second kappa shape index (κ2) is 7.38. The molecular formula is C14H17ClN6O2. The Morgan fingerprint density at radius 1 is 1.39 bits per heavy atom. The largest absolute Gasteiger partial charge is 0.378 e. The van der Waals surface area contributed by atoms with Crippen molar-refractivity contribution in [3.63, 3.8) is 0 Å². The van der Waals surface area contributed by atoms with Gasteiger partial charge in [-0.1, -0.05) is 16.8 Å². The highest BCUT2D eigenvalue weighted by atomic mass is 35.5. The Bertz CT molecular complexity index is 657. The van der Waals surface area contributed by atoms with Crippen molar-refractivity contribution in [3.05, 3.63) is 35.2 Å². The van der Waals surface area contributed by atoms with E-state index in [1.807, 2.05) is 0 Å². The summed E-state index contributed by atoms with van der Waals surface area (Å²) >= 11 is 6.22. The van der Waals surface area contributed by atoms with Crippen molar-refractivity contribution in [2.45, 2.75) is 6.54 Å². The van der Waals surface area contributed by atoms with Gasteiger partial charge >= 0.3 is 0 Å². The van der Waals surface area contributed by atoms with E-state index >= 15 is 0 Å². The predicted molar refractivity (Wildman–Crippen MR) is 84.5 cm³/mol. The number of carbonyl (C=O) groups excluding carboxylic acids is 1. The van der Waals surface area contributed by atoms with E-state index in [2.05, 4.69) is 20.6 Å². The van der Waals surface area contributed by atoms with Gasteiger partial charge in [0, 0.05) is 32.0 Å². The fourth-order valence-corrected chi connectivity index (χ4v) is 2.51. The van der Waals surface area contributed by atoms with Crippen LogP contribution >= 0.6 is 11.6 Å². The Morgan fingerprint density at radius 2 is 2.22 bits per heavy atom. The molecule has 1 N–H and O–H groups in total. The summed E-state index contributed by atoms with van der Waals surface area (Å²) in [5.41, 5.74) is 0.485. The molecule has 9 heteroatoms. The molecule has 1 aliphatic rings. The van der Waals surface area contributed by atoms with Gasteiger partial charge in [0.1, 0.15) is 5.82 Å². The monoisotopic (exact) mass is 336 g/mol. The van der Waals surface area contributed by atoms with Crippen LogP contribution in [-0.4, -0.2) is 63.6 Å². The van der Waals surface area contributed by atoms with E-state index in [1.54, 1.807) is 34.2 Å². The zero-order valence-electron chi connectivity index (χ0n) is 12.5. The average Bonchev–Trinajstić information content (AvgIpc) is 3.10. The second-order valence-corrected chi connectivity index (χ2v) is 5.46. The first kappa shape index (κ1) is 15.7. The van der Waals surface area contributed by atoms with Crippen LogP contribution in [0.3, 0.4) is 0 Å². The molecule has 0 spiro atoms. The maximum atomic E-state index is 12.4. The van der Waals surface area contributed by atoms with Gasteiger partial charge < -0.3 is 15.0 Å². The molecule has 0 radical (unpaired) electrons. The lowest BCUT2D eigenvalue weighted by Gasteiger charge is -2.26. The molecule has 0 aromatic carbocycles. The highest BCUT2D eigenvalue weighted by molar-refractivity contribution is 6.33. The maximum Gasteiger partial charge on any atom is 0.255 e. The smallest absolute Gasteiger partial charge is 0.255 e. The van der Waals surface area contributed by atoms with Crippen LogP contribution in [0, 0.1) is 0 Å². The number of anilines is 1. The van der Waals surface area contributed by atoms with Crippen LogP contribution < -0.4 is 5.32 Å². The Balaban J connectivity index is 1.59. The van der Waals surface area contributed by atoms with Crippen molar-refractivity contribution in [1.29, 1.82) is 0 Å². The minimum Gasteiger partial charge on any atom is -0.378 e. The molecule has 0 aliphatic carbocycles. The van der Waals surface area contributed by atoms with Gasteiger partial charge in [0.25, 0.3) is 5.91 Å². The van der Waals surface area contributed by atoms with Gasteiger partial charge in [0.2, 0.25) is 0 Å². The number of amides is 1. The van der Waals surface area contributed by atoms with Crippen molar-refractivity contribution in [1.82, 2.24) is 24.9 Å². The van der Waals surface area contributed by atoms with Crippen LogP contribution in [0.15, 0.2) is 24.7 Å². The third-order valence-corrected chi connectivity index (χ3v) is 3.78. The van der Waals surface area contributed by atoms with Gasteiger partial charge in [-0.2, -0.15) is 0 Å². The summed E-state index contributed by atoms with van der Waals surface area (Å²) in [6.45, 7) is 3.56. The summed E-state index contributed by atoms with van der Waals surface area (Å²) < 4.78 is 6.95. The third kappa shape index (κ3) is 3.96. The number of ether oxygens (including phenoxy) is 1. The number of morpholine rings is 1. The Labute approximate surface area is 138 Å². The molecule has 1 saturated heterocycles. The molecule has 0 bridgehead atoms. The minimum atomic E-state index is -0.0723. The number of halogens is 1. The van der Waals surface area contributed by atoms with E-state index in [-0.39, 0.29) is 5.91 Å². The highest BCUT2D eigenvalue weighted by Crippen LogP contribution is 2.21. The molecule has 1 aliphatic heterocycles. The van der Waals surface area contributed by atoms with Crippen molar-refractivity contribution < 1.29 is 9.53 Å². The molecule has 122 valence electrons. The summed E-state index contributed by atoms with van der Waals surface area (Å²) in [5.74, 6) is 0.474. The molecule has 3 heterocycles. The molecule has 2 aromatic heterocycles. The predicted octanol–water partition coefficient (Wildman–Crippen LogP) is 0.911. The quantitative estimate of drug-likeness (QED) is 0.873. The summed E-state index contributed by atoms with van der Waals surface area (Å²) in [7, 11) is 0. The van der Waals surface area contributed by atoms with Crippen LogP contribution in [-0.2, 0) is 11.3 Å². The number of hydrogen-bond acceptors (Lipinski definition) is 6. The average molecular weight is 337 g/mol. The summed E-state index contributed by atoms with van der Waals surface area (Å²) in [6, 6.07) is 1.64. The van der Waals surface area contributed by atoms with Crippen LogP contribution in [0.4, 0.5) is 5.82 Å². The van der Waals surface area contributed by atoms with Crippen molar-refractivity contribution in [3.8, 4) is 0 Å². The molecular weight excluding hydrogens is 320 g/mol. The molecule has 2 aromatic rings. The number of aromatic nitrogens is 4. The first-order valence-corrected chi connectivity index (χ1v) is 7.72. The van der Waals surface area contributed by atoms with Gasteiger partial charge in [0.05, 0.1) is 36.5 Å². The number of nitrogens with zero attached hydrogens (tertiary/aromatic N) is 5. The Hall–Kier alpha value is -2.19. The molecule has 1 fully saturated rings. The van der Waals surface area contributed by atoms with Crippen LogP contribution in [0.5, 0.6) is 0 Å². The fraction of sp³-hybridized carbons (Fsp3) is 0.429. The lowest BCUT2D eigenvalue weighted by Crippen LogP contribution is -2.40. The summed E-state index contributed by atoms with van der Waals surface area (Å²) in [6.07, 6.45) is 4.94. The normalized spacial score (nSPS) is 14.7. The van der Waals surface area contributed by atoms with E-state index in [9.17, 15) is 4.79 Å². The molecule has 0 atom stereocenters. The number of carbonyl (C=O) groups is 1. The first-order valence-electron chi connectivity index (χ1n) is 7.34. The van der Waals surface area contributed by atoms with Gasteiger partial charge in [-0.15, -0.1) is 5.10 Å². The second-order valence-electron chi connectivity index (χ2n) is 5.05. The number of pyridine rings is 1. The van der Waals surface area contributed by atoms with Gasteiger partial charge in [-0.05, 0) is 6.07 Å². The first-order chi connectivity index (χ1) is 11.2. The van der Waals surface area contributed by atoms with E-state index in [0.29, 0.717) is 55.8 Å². The van der Waals surface area contributed by atoms with Crippen molar-refractivity contribution in [2.24, 2.45) is 0 Å².